The molecule has 0 bridgehead atoms. The zero-order chi connectivity index (χ0) is 14.8. The Bertz CT molecular complexity index is 589. The minimum atomic E-state index is -3.80. The van der Waals surface area contributed by atoms with Gasteiger partial charge in [0.1, 0.15) is 10.6 Å². The molecule has 1 heterocycles. The zero-order valence-electron chi connectivity index (χ0n) is 11.4. The van der Waals surface area contributed by atoms with Crippen LogP contribution in [-0.4, -0.2) is 25.4 Å². The summed E-state index contributed by atoms with van der Waals surface area (Å²) >= 11 is 0. The monoisotopic (exact) mass is 318 g/mol. The van der Waals surface area contributed by atoms with Crippen LogP contribution in [0.25, 0.3) is 0 Å². The van der Waals surface area contributed by atoms with Gasteiger partial charge in [0, 0.05) is 30.5 Å². The lowest BCUT2D eigenvalue weighted by molar-refractivity contribution is 0.0943. The molecular formula is C13H19ClN2O3S. The topological polar surface area (TPSA) is 68.2 Å². The van der Waals surface area contributed by atoms with Gasteiger partial charge in [-0.05, 0) is 18.4 Å². The lowest BCUT2D eigenvalue weighted by atomic mass is 10.0. The third-order valence-corrected chi connectivity index (χ3v) is 5.13. The molecule has 0 unspecified atom stereocenters. The molecule has 5 nitrogen and oxygen atoms in total. The van der Waals surface area contributed by atoms with Crippen molar-refractivity contribution in [3.8, 4) is 0 Å². The average Bonchev–Trinajstić information content (AvgIpc) is 2.97. The first-order valence-corrected chi connectivity index (χ1v) is 9.08. The first-order chi connectivity index (χ1) is 9.38. The number of halogens is 1. The van der Waals surface area contributed by atoms with Gasteiger partial charge < -0.3 is 9.88 Å². The van der Waals surface area contributed by atoms with E-state index in [4.69, 9.17) is 10.7 Å². The van der Waals surface area contributed by atoms with Crippen molar-refractivity contribution < 1.29 is 13.2 Å². The third-order valence-electron chi connectivity index (χ3n) is 3.81. The summed E-state index contributed by atoms with van der Waals surface area (Å²) in [7, 11) is 3.09. The molecule has 1 aliphatic rings. The van der Waals surface area contributed by atoms with E-state index in [1.807, 2.05) is 0 Å². The molecule has 0 saturated heterocycles. The normalized spacial score (nSPS) is 16.5. The van der Waals surface area contributed by atoms with E-state index < -0.39 is 9.05 Å². The van der Waals surface area contributed by atoms with Crippen LogP contribution in [0.4, 0.5) is 0 Å². The number of aryl methyl sites for hydroxylation is 1. The van der Waals surface area contributed by atoms with Crippen molar-refractivity contribution in [2.45, 2.75) is 37.0 Å². The van der Waals surface area contributed by atoms with Gasteiger partial charge in [0.05, 0.1) is 0 Å². The van der Waals surface area contributed by atoms with Crippen molar-refractivity contribution >= 4 is 25.6 Å². The van der Waals surface area contributed by atoms with Gasteiger partial charge in [0.25, 0.3) is 15.0 Å². The van der Waals surface area contributed by atoms with Crippen molar-refractivity contribution in [1.82, 2.24) is 9.88 Å². The second-order valence-electron chi connectivity index (χ2n) is 5.30. The highest BCUT2D eigenvalue weighted by atomic mass is 35.7. The zero-order valence-corrected chi connectivity index (χ0v) is 13.0. The average molecular weight is 319 g/mol. The smallest absolute Gasteiger partial charge is 0.267 e. The minimum Gasteiger partial charge on any atom is -0.351 e. The molecule has 0 atom stereocenters. The van der Waals surface area contributed by atoms with E-state index in [1.165, 1.54) is 42.5 Å². The highest BCUT2D eigenvalue weighted by molar-refractivity contribution is 8.13. The maximum atomic E-state index is 12.0. The van der Waals surface area contributed by atoms with Crippen LogP contribution in [0.2, 0.25) is 0 Å². The van der Waals surface area contributed by atoms with Crippen molar-refractivity contribution in [2.24, 2.45) is 13.0 Å². The molecule has 1 amide bonds. The van der Waals surface area contributed by atoms with E-state index in [1.54, 1.807) is 7.05 Å². The molecule has 0 radical (unpaired) electrons. The summed E-state index contributed by atoms with van der Waals surface area (Å²) in [5, 5.41) is 2.83. The van der Waals surface area contributed by atoms with Gasteiger partial charge in [0.2, 0.25) is 0 Å². The molecule has 112 valence electrons. The lowest BCUT2D eigenvalue weighted by Gasteiger charge is -2.10. The number of amides is 1. The van der Waals surface area contributed by atoms with Gasteiger partial charge in [-0.25, -0.2) is 8.42 Å². The van der Waals surface area contributed by atoms with Gasteiger partial charge >= 0.3 is 0 Å². The maximum absolute atomic E-state index is 12.0. The molecule has 0 spiro atoms. The summed E-state index contributed by atoms with van der Waals surface area (Å²) in [6, 6.07) is 1.30. The lowest BCUT2D eigenvalue weighted by Crippen LogP contribution is -2.27. The van der Waals surface area contributed by atoms with Crippen LogP contribution in [0.15, 0.2) is 17.2 Å². The number of rotatable bonds is 5. The summed E-state index contributed by atoms with van der Waals surface area (Å²) in [6.07, 6.45) is 7.38. The van der Waals surface area contributed by atoms with Crippen molar-refractivity contribution in [3.05, 3.63) is 18.0 Å². The molecule has 0 aliphatic heterocycles. The van der Waals surface area contributed by atoms with E-state index in [2.05, 4.69) is 5.32 Å². The summed E-state index contributed by atoms with van der Waals surface area (Å²) in [6.45, 7) is 0.623. The first-order valence-electron chi connectivity index (χ1n) is 6.77. The Morgan fingerprint density at radius 2 is 2.10 bits per heavy atom. The predicted molar refractivity (Wildman–Crippen MR) is 77.4 cm³/mol. The van der Waals surface area contributed by atoms with Crippen molar-refractivity contribution in [2.75, 3.05) is 6.54 Å². The van der Waals surface area contributed by atoms with Gasteiger partial charge in [0.15, 0.2) is 0 Å². The third kappa shape index (κ3) is 3.76. The largest absolute Gasteiger partial charge is 0.351 e. The molecule has 1 N–H and O–H groups in total. The summed E-state index contributed by atoms with van der Waals surface area (Å²) in [4.78, 5) is 12.0. The molecular weight excluding hydrogens is 300 g/mol. The highest BCUT2D eigenvalue weighted by Gasteiger charge is 2.19. The molecule has 1 fully saturated rings. The molecule has 1 aromatic rings. The van der Waals surface area contributed by atoms with E-state index in [9.17, 15) is 13.2 Å². The Morgan fingerprint density at radius 3 is 2.65 bits per heavy atom. The second-order valence-corrected chi connectivity index (χ2v) is 7.87. The molecule has 7 heteroatoms. The van der Waals surface area contributed by atoms with E-state index >= 15 is 0 Å². The van der Waals surface area contributed by atoms with Gasteiger partial charge in [-0.15, -0.1) is 0 Å². The molecule has 1 aliphatic carbocycles. The summed E-state index contributed by atoms with van der Waals surface area (Å²) in [5.74, 6) is 0.444. The predicted octanol–water partition coefficient (Wildman–Crippen LogP) is 2.26. The molecule has 20 heavy (non-hydrogen) atoms. The Hall–Kier alpha value is -1.01. The quantitative estimate of drug-likeness (QED) is 0.847. The number of nitrogens with one attached hydrogen (secondary N) is 1. The molecule has 0 aromatic carbocycles. The van der Waals surface area contributed by atoms with E-state index in [0.29, 0.717) is 18.2 Å². The number of carbonyl (C=O) groups excluding carboxylic acids is 1. The summed E-state index contributed by atoms with van der Waals surface area (Å²) < 4.78 is 23.9. The molecule has 2 rings (SSSR count). The van der Waals surface area contributed by atoms with Crippen LogP contribution in [0.5, 0.6) is 0 Å². The fraction of sp³-hybridized carbons (Fsp3) is 0.615. The van der Waals surface area contributed by atoms with Crippen LogP contribution < -0.4 is 5.32 Å². The number of nitrogens with zero attached hydrogens (tertiary/aromatic N) is 1. The van der Waals surface area contributed by atoms with Crippen LogP contribution in [-0.2, 0) is 16.1 Å². The number of hydrogen-bond donors (Lipinski definition) is 1. The van der Waals surface area contributed by atoms with Crippen molar-refractivity contribution in [1.29, 1.82) is 0 Å². The Labute approximate surface area is 123 Å². The Balaban J connectivity index is 1.93. The van der Waals surface area contributed by atoms with Crippen molar-refractivity contribution in [3.63, 3.8) is 0 Å². The van der Waals surface area contributed by atoms with Gasteiger partial charge in [-0.1, -0.05) is 25.7 Å². The second kappa shape index (κ2) is 6.18. The molecule has 1 saturated carbocycles. The number of aromatic nitrogens is 1. The number of carbonyl (C=O) groups is 1. The SMILES string of the molecule is Cn1cc(S(=O)(=O)Cl)cc1C(=O)NCCC1CCCC1. The van der Waals surface area contributed by atoms with E-state index in [-0.39, 0.29) is 10.8 Å². The van der Waals surface area contributed by atoms with Crippen LogP contribution in [0.3, 0.4) is 0 Å². The highest BCUT2D eigenvalue weighted by Crippen LogP contribution is 2.27. The van der Waals surface area contributed by atoms with E-state index in [0.717, 1.165) is 6.42 Å². The standard InChI is InChI=1S/C13H19ClN2O3S/c1-16-9-11(20(14,18)19)8-12(16)13(17)15-7-6-10-4-2-3-5-10/h8-10H,2-7H2,1H3,(H,15,17). The van der Waals surface area contributed by atoms with Crippen LogP contribution in [0.1, 0.15) is 42.6 Å². The maximum Gasteiger partial charge on any atom is 0.267 e. The first kappa shape index (κ1) is 15.4. The summed E-state index contributed by atoms with van der Waals surface area (Å²) in [5.41, 5.74) is 0.302. The van der Waals surface area contributed by atoms with Crippen LogP contribution in [0, 0.1) is 5.92 Å². The van der Waals surface area contributed by atoms with Crippen LogP contribution >= 0.6 is 10.7 Å². The van der Waals surface area contributed by atoms with Gasteiger partial charge in [-0.3, -0.25) is 4.79 Å². The Kier molecular flexibility index (Phi) is 4.75. The van der Waals surface area contributed by atoms with Gasteiger partial charge in [-0.2, -0.15) is 0 Å². The Morgan fingerprint density at radius 1 is 1.45 bits per heavy atom. The number of hydrogen-bond acceptors (Lipinski definition) is 3. The minimum absolute atomic E-state index is 0.0531. The fourth-order valence-corrected chi connectivity index (χ4v) is 3.46. The fourth-order valence-electron chi connectivity index (χ4n) is 2.67. The molecule has 1 aromatic heterocycles.